The van der Waals surface area contributed by atoms with Gasteiger partial charge in [0.2, 0.25) is 5.89 Å². The molecule has 0 aromatic carbocycles. The van der Waals surface area contributed by atoms with Crippen molar-refractivity contribution < 1.29 is 14.0 Å². The summed E-state index contributed by atoms with van der Waals surface area (Å²) in [6, 6.07) is 0. The highest BCUT2D eigenvalue weighted by atomic mass is 16.5. The molecule has 2 fully saturated rings. The van der Waals surface area contributed by atoms with E-state index in [2.05, 4.69) is 10.1 Å². The monoisotopic (exact) mass is 252 g/mol. The van der Waals surface area contributed by atoms with Crippen LogP contribution in [0.1, 0.15) is 49.7 Å². The molecule has 100 valence electrons. The van der Waals surface area contributed by atoms with Gasteiger partial charge in [-0.3, -0.25) is 0 Å². The Balaban J connectivity index is 1.58. The van der Waals surface area contributed by atoms with Crippen molar-refractivity contribution in [3.8, 4) is 0 Å². The average molecular weight is 252 g/mol. The van der Waals surface area contributed by atoms with Crippen LogP contribution in [0.25, 0.3) is 0 Å². The summed E-state index contributed by atoms with van der Waals surface area (Å²) in [6.07, 6.45) is 6.57. The van der Waals surface area contributed by atoms with Gasteiger partial charge in [0, 0.05) is 32.2 Å². The molecule has 2 aliphatic rings. The maximum Gasteiger partial charge on any atom is 0.229 e. The molecule has 2 aliphatic heterocycles. The van der Waals surface area contributed by atoms with E-state index in [1.807, 2.05) is 0 Å². The number of hydrogen-bond acceptors (Lipinski definition) is 5. The Labute approximate surface area is 107 Å². The Kier molecular flexibility index (Phi) is 3.90. The fourth-order valence-electron chi connectivity index (χ4n) is 2.63. The molecule has 0 aliphatic carbocycles. The van der Waals surface area contributed by atoms with E-state index in [-0.39, 0.29) is 6.10 Å². The van der Waals surface area contributed by atoms with Gasteiger partial charge in [-0.05, 0) is 32.1 Å². The predicted octanol–water partition coefficient (Wildman–Crippen LogP) is 2.08. The van der Waals surface area contributed by atoms with Crippen molar-refractivity contribution in [1.82, 2.24) is 10.1 Å². The number of rotatable bonds is 3. The Bertz CT molecular complexity index is 368. The quantitative estimate of drug-likeness (QED) is 0.824. The van der Waals surface area contributed by atoms with Gasteiger partial charge in [-0.25, -0.2) is 0 Å². The van der Waals surface area contributed by atoms with Gasteiger partial charge in [0.15, 0.2) is 5.82 Å². The lowest BCUT2D eigenvalue weighted by Gasteiger charge is -2.21. The SMILES string of the molecule is C1CCC(Cc2noc(C3CCOCC3)n2)OC1. The van der Waals surface area contributed by atoms with Crippen LogP contribution in [0.15, 0.2) is 4.52 Å². The molecular weight excluding hydrogens is 232 g/mol. The highest BCUT2D eigenvalue weighted by molar-refractivity contribution is 4.96. The van der Waals surface area contributed by atoms with E-state index in [0.29, 0.717) is 5.92 Å². The van der Waals surface area contributed by atoms with Gasteiger partial charge >= 0.3 is 0 Å². The van der Waals surface area contributed by atoms with Crippen LogP contribution < -0.4 is 0 Å². The molecule has 1 atom stereocenters. The van der Waals surface area contributed by atoms with Crippen molar-refractivity contribution in [2.75, 3.05) is 19.8 Å². The summed E-state index contributed by atoms with van der Waals surface area (Å²) in [7, 11) is 0. The molecule has 5 heteroatoms. The van der Waals surface area contributed by atoms with Crippen molar-refractivity contribution in [1.29, 1.82) is 0 Å². The lowest BCUT2D eigenvalue weighted by molar-refractivity contribution is 0.0153. The van der Waals surface area contributed by atoms with Crippen LogP contribution in [0.3, 0.4) is 0 Å². The Morgan fingerprint density at radius 3 is 2.72 bits per heavy atom. The molecule has 0 spiro atoms. The van der Waals surface area contributed by atoms with Gasteiger partial charge < -0.3 is 14.0 Å². The molecule has 18 heavy (non-hydrogen) atoms. The maximum absolute atomic E-state index is 5.69. The summed E-state index contributed by atoms with van der Waals surface area (Å²) in [5.74, 6) is 1.96. The van der Waals surface area contributed by atoms with Gasteiger partial charge in [-0.15, -0.1) is 0 Å². The molecule has 1 unspecified atom stereocenters. The van der Waals surface area contributed by atoms with Gasteiger partial charge in [-0.1, -0.05) is 5.16 Å². The molecule has 1 aromatic heterocycles. The first-order chi connectivity index (χ1) is 8.92. The molecule has 1 aromatic rings. The summed E-state index contributed by atoms with van der Waals surface area (Å²) in [5.41, 5.74) is 0. The number of ether oxygens (including phenoxy) is 2. The van der Waals surface area contributed by atoms with Crippen molar-refractivity contribution >= 4 is 0 Å². The Morgan fingerprint density at radius 1 is 1.06 bits per heavy atom. The summed E-state index contributed by atoms with van der Waals surface area (Å²) in [4.78, 5) is 4.51. The lowest BCUT2D eigenvalue weighted by Crippen LogP contribution is -2.22. The second kappa shape index (κ2) is 5.80. The van der Waals surface area contributed by atoms with Gasteiger partial charge in [0.25, 0.3) is 0 Å². The van der Waals surface area contributed by atoms with E-state index in [4.69, 9.17) is 14.0 Å². The summed E-state index contributed by atoms with van der Waals surface area (Å²) < 4.78 is 16.4. The van der Waals surface area contributed by atoms with Crippen LogP contribution in [0.5, 0.6) is 0 Å². The van der Waals surface area contributed by atoms with E-state index >= 15 is 0 Å². The van der Waals surface area contributed by atoms with Crippen molar-refractivity contribution in [3.63, 3.8) is 0 Å². The summed E-state index contributed by atoms with van der Waals surface area (Å²) in [5, 5.41) is 4.08. The van der Waals surface area contributed by atoms with Crippen LogP contribution in [-0.2, 0) is 15.9 Å². The maximum atomic E-state index is 5.69. The van der Waals surface area contributed by atoms with Crippen molar-refractivity contribution in [3.05, 3.63) is 11.7 Å². The first kappa shape index (κ1) is 12.1. The Hall–Kier alpha value is -0.940. The molecule has 0 bridgehead atoms. The van der Waals surface area contributed by atoms with Crippen LogP contribution in [0, 0.1) is 0 Å². The largest absolute Gasteiger partial charge is 0.381 e. The normalized spacial score (nSPS) is 26.3. The number of aromatic nitrogens is 2. The molecule has 3 rings (SSSR count). The molecule has 0 saturated carbocycles. The van der Waals surface area contributed by atoms with Crippen LogP contribution in [-0.4, -0.2) is 36.1 Å². The van der Waals surface area contributed by atoms with E-state index in [9.17, 15) is 0 Å². The van der Waals surface area contributed by atoms with Gasteiger partial charge in [0.05, 0.1) is 6.10 Å². The van der Waals surface area contributed by atoms with Crippen molar-refractivity contribution in [2.24, 2.45) is 0 Å². The average Bonchev–Trinajstić information content (AvgIpc) is 2.89. The predicted molar refractivity (Wildman–Crippen MR) is 64.4 cm³/mol. The van der Waals surface area contributed by atoms with E-state index < -0.39 is 0 Å². The minimum Gasteiger partial charge on any atom is -0.381 e. The Morgan fingerprint density at radius 2 is 1.94 bits per heavy atom. The lowest BCUT2D eigenvalue weighted by atomic mass is 10.0. The smallest absolute Gasteiger partial charge is 0.229 e. The molecular formula is C13H20N2O3. The summed E-state index contributed by atoms with van der Waals surface area (Å²) in [6.45, 7) is 2.47. The zero-order valence-corrected chi connectivity index (χ0v) is 10.6. The number of nitrogens with zero attached hydrogens (tertiary/aromatic N) is 2. The fourth-order valence-corrected chi connectivity index (χ4v) is 2.63. The van der Waals surface area contributed by atoms with E-state index in [1.165, 1.54) is 12.8 Å². The van der Waals surface area contributed by atoms with Crippen molar-refractivity contribution in [2.45, 2.75) is 50.5 Å². The molecule has 3 heterocycles. The highest BCUT2D eigenvalue weighted by Gasteiger charge is 2.23. The minimum absolute atomic E-state index is 0.277. The van der Waals surface area contributed by atoms with Crippen LogP contribution in [0.2, 0.25) is 0 Å². The van der Waals surface area contributed by atoms with Gasteiger partial charge in [-0.2, -0.15) is 4.98 Å². The second-order valence-corrected chi connectivity index (χ2v) is 5.13. The molecule has 5 nitrogen and oxygen atoms in total. The number of hydrogen-bond donors (Lipinski definition) is 0. The third kappa shape index (κ3) is 2.90. The standard InChI is InChI=1S/C13H20N2O3/c1-2-6-17-11(3-1)9-12-14-13(18-15-12)10-4-7-16-8-5-10/h10-11H,1-9H2. The topological polar surface area (TPSA) is 57.4 Å². The molecule has 2 saturated heterocycles. The van der Waals surface area contributed by atoms with Gasteiger partial charge in [0.1, 0.15) is 0 Å². The molecule has 0 radical (unpaired) electrons. The first-order valence-electron chi connectivity index (χ1n) is 6.93. The highest BCUT2D eigenvalue weighted by Crippen LogP contribution is 2.25. The van der Waals surface area contributed by atoms with Crippen LogP contribution >= 0.6 is 0 Å². The molecule has 0 N–H and O–H groups in total. The minimum atomic E-state index is 0.277. The third-order valence-corrected chi connectivity index (χ3v) is 3.74. The van der Waals surface area contributed by atoms with E-state index in [1.54, 1.807) is 0 Å². The van der Waals surface area contributed by atoms with Crippen LogP contribution in [0.4, 0.5) is 0 Å². The zero-order valence-electron chi connectivity index (χ0n) is 10.6. The summed E-state index contributed by atoms with van der Waals surface area (Å²) >= 11 is 0. The molecule has 0 amide bonds. The fraction of sp³-hybridized carbons (Fsp3) is 0.846. The zero-order chi connectivity index (χ0) is 12.2. The first-order valence-corrected chi connectivity index (χ1v) is 6.93. The van der Waals surface area contributed by atoms with E-state index in [0.717, 1.165) is 57.2 Å². The third-order valence-electron chi connectivity index (χ3n) is 3.74. The second-order valence-electron chi connectivity index (χ2n) is 5.13.